The van der Waals surface area contributed by atoms with E-state index in [1.807, 2.05) is 6.07 Å². The van der Waals surface area contributed by atoms with E-state index >= 15 is 0 Å². The second-order valence-electron chi connectivity index (χ2n) is 6.28. The predicted octanol–water partition coefficient (Wildman–Crippen LogP) is 3.25. The van der Waals surface area contributed by atoms with Crippen LogP contribution in [0.1, 0.15) is 29.0 Å². The van der Waals surface area contributed by atoms with Crippen LogP contribution in [-0.2, 0) is 9.53 Å². The standard InChI is InChI=1S/C18H20ClNO5/c1-10-12-3-2-4-14(19)16(12)25-15(10)17(21)20-9-13(18(22)23)11-5-7-24-8-6-11/h2-4,11,13H,5-9H2,1H3,(H,20,21)(H,22,23). The predicted molar refractivity (Wildman–Crippen MR) is 93.0 cm³/mol. The third kappa shape index (κ3) is 3.65. The van der Waals surface area contributed by atoms with Gasteiger partial charge in [0.05, 0.1) is 10.9 Å². The molecule has 1 aromatic heterocycles. The molecule has 1 aliphatic rings. The molecule has 0 saturated carbocycles. The highest BCUT2D eigenvalue weighted by atomic mass is 35.5. The molecule has 0 aliphatic carbocycles. The summed E-state index contributed by atoms with van der Waals surface area (Å²) in [6.07, 6.45) is 1.37. The van der Waals surface area contributed by atoms with Crippen LogP contribution in [-0.4, -0.2) is 36.7 Å². The van der Waals surface area contributed by atoms with Crippen LogP contribution in [0.5, 0.6) is 0 Å². The zero-order valence-corrected chi connectivity index (χ0v) is 14.6. The number of aliphatic carboxylic acids is 1. The molecule has 1 unspecified atom stereocenters. The molecule has 25 heavy (non-hydrogen) atoms. The lowest BCUT2D eigenvalue weighted by Gasteiger charge is -2.27. The molecule has 7 heteroatoms. The maximum atomic E-state index is 12.5. The largest absolute Gasteiger partial charge is 0.481 e. The quantitative estimate of drug-likeness (QED) is 0.849. The van der Waals surface area contributed by atoms with Gasteiger partial charge < -0.3 is 19.6 Å². The summed E-state index contributed by atoms with van der Waals surface area (Å²) < 4.78 is 10.9. The summed E-state index contributed by atoms with van der Waals surface area (Å²) in [5.41, 5.74) is 1.15. The van der Waals surface area contributed by atoms with Gasteiger partial charge in [-0.15, -0.1) is 0 Å². The Bertz CT molecular complexity index is 794. The minimum atomic E-state index is -0.906. The highest BCUT2D eigenvalue weighted by molar-refractivity contribution is 6.35. The maximum Gasteiger partial charge on any atom is 0.308 e. The molecule has 2 aromatic rings. The van der Waals surface area contributed by atoms with Crippen LogP contribution in [0.25, 0.3) is 11.0 Å². The minimum absolute atomic E-state index is 0.00207. The molecule has 0 spiro atoms. The molecule has 2 heterocycles. The van der Waals surface area contributed by atoms with Crippen molar-refractivity contribution >= 4 is 34.4 Å². The molecule has 1 aliphatic heterocycles. The minimum Gasteiger partial charge on any atom is -0.481 e. The SMILES string of the molecule is Cc1c(C(=O)NCC(C(=O)O)C2CCOCC2)oc2c(Cl)cccc12. The highest BCUT2D eigenvalue weighted by Crippen LogP contribution is 2.31. The summed E-state index contributed by atoms with van der Waals surface area (Å²) in [6, 6.07) is 5.32. The second kappa shape index (κ2) is 7.45. The molecule has 1 atom stereocenters. The highest BCUT2D eigenvalue weighted by Gasteiger charge is 2.30. The average molecular weight is 366 g/mol. The van der Waals surface area contributed by atoms with Gasteiger partial charge in [-0.2, -0.15) is 0 Å². The maximum absolute atomic E-state index is 12.5. The first-order valence-corrected chi connectivity index (χ1v) is 8.63. The van der Waals surface area contributed by atoms with Gasteiger partial charge in [-0.3, -0.25) is 9.59 Å². The summed E-state index contributed by atoms with van der Waals surface area (Å²) in [5.74, 6) is -1.81. The zero-order chi connectivity index (χ0) is 18.0. The number of carboxylic acids is 1. The lowest BCUT2D eigenvalue weighted by Crippen LogP contribution is -2.39. The van der Waals surface area contributed by atoms with Crippen LogP contribution in [0.3, 0.4) is 0 Å². The number of fused-ring (bicyclic) bond motifs is 1. The molecule has 0 bridgehead atoms. The summed E-state index contributed by atoms with van der Waals surface area (Å²) >= 11 is 6.10. The molecule has 1 aromatic carbocycles. The van der Waals surface area contributed by atoms with E-state index in [2.05, 4.69) is 5.32 Å². The number of hydrogen-bond acceptors (Lipinski definition) is 4. The van der Waals surface area contributed by atoms with E-state index in [4.69, 9.17) is 20.8 Å². The number of furan rings is 1. The van der Waals surface area contributed by atoms with Gasteiger partial charge in [0.25, 0.3) is 5.91 Å². The van der Waals surface area contributed by atoms with Crippen molar-refractivity contribution in [1.29, 1.82) is 0 Å². The Morgan fingerprint density at radius 3 is 2.72 bits per heavy atom. The first kappa shape index (κ1) is 17.8. The Morgan fingerprint density at radius 1 is 1.36 bits per heavy atom. The number of para-hydroxylation sites is 1. The first-order valence-electron chi connectivity index (χ1n) is 8.25. The van der Waals surface area contributed by atoms with E-state index in [-0.39, 0.29) is 18.2 Å². The number of nitrogens with one attached hydrogen (secondary N) is 1. The Balaban J connectivity index is 1.74. The lowest BCUT2D eigenvalue weighted by molar-refractivity contribution is -0.144. The van der Waals surface area contributed by atoms with Crippen LogP contribution in [0, 0.1) is 18.8 Å². The van der Waals surface area contributed by atoms with Crippen LogP contribution >= 0.6 is 11.6 Å². The van der Waals surface area contributed by atoms with Crippen molar-refractivity contribution in [3.05, 3.63) is 34.5 Å². The van der Waals surface area contributed by atoms with Crippen molar-refractivity contribution in [3.8, 4) is 0 Å². The number of hydrogen-bond donors (Lipinski definition) is 2. The van der Waals surface area contributed by atoms with E-state index in [9.17, 15) is 14.7 Å². The van der Waals surface area contributed by atoms with Gasteiger partial charge in [-0.25, -0.2) is 0 Å². The third-order valence-electron chi connectivity index (χ3n) is 4.76. The molecular weight excluding hydrogens is 346 g/mol. The fraction of sp³-hybridized carbons (Fsp3) is 0.444. The van der Waals surface area contributed by atoms with Crippen LogP contribution in [0.15, 0.2) is 22.6 Å². The Labute approximate surface area is 150 Å². The van der Waals surface area contributed by atoms with E-state index in [1.54, 1.807) is 19.1 Å². The third-order valence-corrected chi connectivity index (χ3v) is 5.05. The lowest BCUT2D eigenvalue weighted by atomic mass is 9.86. The van der Waals surface area contributed by atoms with Crippen molar-refractivity contribution in [2.24, 2.45) is 11.8 Å². The fourth-order valence-corrected chi connectivity index (χ4v) is 3.50. The summed E-state index contributed by atoms with van der Waals surface area (Å²) in [6.45, 7) is 2.96. The fourth-order valence-electron chi connectivity index (χ4n) is 3.28. The number of rotatable bonds is 5. The smallest absolute Gasteiger partial charge is 0.308 e. The molecule has 134 valence electrons. The summed E-state index contributed by atoms with van der Waals surface area (Å²) in [4.78, 5) is 24.1. The number of carboxylic acid groups (broad SMARTS) is 1. The van der Waals surface area contributed by atoms with Crippen LogP contribution in [0.2, 0.25) is 5.02 Å². The van der Waals surface area contributed by atoms with Gasteiger partial charge in [0, 0.05) is 30.7 Å². The molecule has 1 amide bonds. The molecule has 3 rings (SSSR count). The zero-order valence-electron chi connectivity index (χ0n) is 13.9. The number of amides is 1. The van der Waals surface area contributed by atoms with E-state index in [1.165, 1.54) is 0 Å². The number of benzene rings is 1. The topological polar surface area (TPSA) is 88.8 Å². The molecule has 1 saturated heterocycles. The normalized spacial score (nSPS) is 16.7. The number of halogens is 1. The van der Waals surface area contributed by atoms with Crippen molar-refractivity contribution in [2.75, 3.05) is 19.8 Å². The van der Waals surface area contributed by atoms with Gasteiger partial charge in [-0.05, 0) is 31.7 Å². The van der Waals surface area contributed by atoms with Crippen LogP contribution in [0.4, 0.5) is 0 Å². The molecule has 1 fully saturated rings. The van der Waals surface area contributed by atoms with Gasteiger partial charge >= 0.3 is 5.97 Å². The van der Waals surface area contributed by atoms with Crippen LogP contribution < -0.4 is 5.32 Å². The summed E-state index contributed by atoms with van der Waals surface area (Å²) in [5, 5.41) is 13.4. The molecule has 2 N–H and O–H groups in total. The van der Waals surface area contributed by atoms with Gasteiger partial charge in [0.2, 0.25) is 0 Å². The van der Waals surface area contributed by atoms with Crippen molar-refractivity contribution < 1.29 is 23.8 Å². The first-order chi connectivity index (χ1) is 12.0. The Hall–Kier alpha value is -2.05. The molecule has 6 nitrogen and oxygen atoms in total. The second-order valence-corrected chi connectivity index (χ2v) is 6.68. The van der Waals surface area contributed by atoms with Gasteiger partial charge in [0.1, 0.15) is 0 Å². The van der Waals surface area contributed by atoms with E-state index in [0.29, 0.717) is 42.2 Å². The van der Waals surface area contributed by atoms with E-state index in [0.717, 1.165) is 5.39 Å². The van der Waals surface area contributed by atoms with Crippen molar-refractivity contribution in [3.63, 3.8) is 0 Å². The Kier molecular flexibility index (Phi) is 5.30. The number of aryl methyl sites for hydroxylation is 1. The number of carbonyl (C=O) groups excluding carboxylic acids is 1. The van der Waals surface area contributed by atoms with Crippen molar-refractivity contribution in [1.82, 2.24) is 5.32 Å². The van der Waals surface area contributed by atoms with E-state index < -0.39 is 17.8 Å². The van der Waals surface area contributed by atoms with Crippen molar-refractivity contribution in [2.45, 2.75) is 19.8 Å². The Morgan fingerprint density at radius 2 is 2.08 bits per heavy atom. The average Bonchev–Trinajstić information content (AvgIpc) is 2.94. The van der Waals surface area contributed by atoms with Gasteiger partial charge in [-0.1, -0.05) is 23.7 Å². The number of carbonyl (C=O) groups is 2. The molecule has 0 radical (unpaired) electrons. The molecular formula is C18H20ClNO5. The number of ether oxygens (including phenoxy) is 1. The van der Waals surface area contributed by atoms with Gasteiger partial charge in [0.15, 0.2) is 11.3 Å². The summed E-state index contributed by atoms with van der Waals surface area (Å²) in [7, 11) is 0. The monoisotopic (exact) mass is 365 g/mol.